The Kier molecular flexibility index (Phi) is 3.52. The summed E-state index contributed by atoms with van der Waals surface area (Å²) in [5.41, 5.74) is 7.17. The van der Waals surface area contributed by atoms with Gasteiger partial charge in [0.2, 0.25) is 5.89 Å². The van der Waals surface area contributed by atoms with E-state index >= 15 is 0 Å². The highest BCUT2D eigenvalue weighted by molar-refractivity contribution is 5.95. The van der Waals surface area contributed by atoms with Gasteiger partial charge < -0.3 is 15.6 Å². The smallest absolute Gasteiger partial charge is 0.253 e. The molecule has 0 saturated heterocycles. The first-order chi connectivity index (χ1) is 8.66. The van der Waals surface area contributed by atoms with Gasteiger partial charge in [0.1, 0.15) is 0 Å². The van der Waals surface area contributed by atoms with Crippen molar-refractivity contribution in [2.75, 3.05) is 12.3 Å². The number of carbonyl (C=O) groups is 1. The van der Waals surface area contributed by atoms with E-state index in [-0.39, 0.29) is 5.91 Å². The molecule has 1 amide bonds. The normalized spacial score (nSPS) is 10.3. The van der Waals surface area contributed by atoms with Gasteiger partial charge in [0, 0.05) is 13.0 Å². The zero-order chi connectivity index (χ0) is 13.0. The molecule has 2 rings (SSSR count). The number of rotatable bonds is 4. The van der Waals surface area contributed by atoms with Gasteiger partial charge in [0.05, 0.1) is 23.1 Å². The summed E-state index contributed by atoms with van der Waals surface area (Å²) in [6, 6.07) is 1.60. The lowest BCUT2D eigenvalue weighted by Crippen LogP contribution is -2.26. The lowest BCUT2D eigenvalue weighted by atomic mass is 10.2. The summed E-state index contributed by atoms with van der Waals surface area (Å²) >= 11 is 0. The molecule has 0 atom stereocenters. The molecule has 0 bridgehead atoms. The zero-order valence-electron chi connectivity index (χ0n) is 9.88. The van der Waals surface area contributed by atoms with Crippen LogP contribution in [0.1, 0.15) is 21.9 Å². The standard InChI is InChI=1S/C11H13N5O2/c1-7-9(4-8(12)5-14-7)11(17)13-3-2-10-15-6-16-18-10/h4-6H,2-3,12H2,1H3,(H,13,17). The predicted molar refractivity (Wildman–Crippen MR) is 63.7 cm³/mol. The van der Waals surface area contributed by atoms with Crippen molar-refractivity contribution in [1.82, 2.24) is 20.4 Å². The Hall–Kier alpha value is -2.44. The maximum atomic E-state index is 11.9. The summed E-state index contributed by atoms with van der Waals surface area (Å²) < 4.78 is 4.82. The van der Waals surface area contributed by atoms with E-state index in [1.165, 1.54) is 12.5 Å². The van der Waals surface area contributed by atoms with Crippen LogP contribution in [0.4, 0.5) is 5.69 Å². The van der Waals surface area contributed by atoms with E-state index in [1.54, 1.807) is 13.0 Å². The third kappa shape index (κ3) is 2.82. The molecule has 0 saturated carbocycles. The fraction of sp³-hybridized carbons (Fsp3) is 0.273. The third-order valence-corrected chi connectivity index (χ3v) is 2.38. The molecule has 3 N–H and O–H groups in total. The van der Waals surface area contributed by atoms with E-state index in [0.717, 1.165) is 0 Å². The Balaban J connectivity index is 1.93. The van der Waals surface area contributed by atoms with E-state index < -0.39 is 0 Å². The highest BCUT2D eigenvalue weighted by atomic mass is 16.5. The van der Waals surface area contributed by atoms with E-state index in [9.17, 15) is 4.79 Å². The van der Waals surface area contributed by atoms with Crippen LogP contribution in [0.5, 0.6) is 0 Å². The summed E-state index contributed by atoms with van der Waals surface area (Å²) in [5, 5.41) is 6.22. The van der Waals surface area contributed by atoms with Crippen LogP contribution in [0.2, 0.25) is 0 Å². The lowest BCUT2D eigenvalue weighted by Gasteiger charge is -2.06. The Morgan fingerprint density at radius 2 is 2.33 bits per heavy atom. The van der Waals surface area contributed by atoms with Gasteiger partial charge in [-0.3, -0.25) is 9.78 Å². The summed E-state index contributed by atoms with van der Waals surface area (Å²) in [7, 11) is 0. The molecule has 0 aliphatic heterocycles. The minimum atomic E-state index is -0.216. The predicted octanol–water partition coefficient (Wildman–Crippen LogP) is 0.328. The fourth-order valence-corrected chi connectivity index (χ4v) is 1.46. The van der Waals surface area contributed by atoms with Gasteiger partial charge in [-0.05, 0) is 13.0 Å². The largest absolute Gasteiger partial charge is 0.397 e. The Morgan fingerprint density at radius 3 is 3.06 bits per heavy atom. The van der Waals surface area contributed by atoms with Crippen molar-refractivity contribution in [1.29, 1.82) is 0 Å². The molecule has 2 aromatic heterocycles. The van der Waals surface area contributed by atoms with Gasteiger partial charge in [-0.2, -0.15) is 4.98 Å². The molecule has 0 unspecified atom stereocenters. The van der Waals surface area contributed by atoms with Gasteiger partial charge in [0.15, 0.2) is 6.33 Å². The first kappa shape index (κ1) is 12.0. The molecule has 2 heterocycles. The Bertz CT molecular complexity index is 538. The van der Waals surface area contributed by atoms with Crippen LogP contribution in [0.25, 0.3) is 0 Å². The number of nitrogens with two attached hydrogens (primary N) is 1. The quantitative estimate of drug-likeness (QED) is 0.806. The summed E-state index contributed by atoms with van der Waals surface area (Å²) in [6.07, 6.45) is 3.33. The molecule has 0 aliphatic carbocycles. The first-order valence-electron chi connectivity index (χ1n) is 5.42. The number of anilines is 1. The van der Waals surface area contributed by atoms with Gasteiger partial charge >= 0.3 is 0 Å². The van der Waals surface area contributed by atoms with E-state index in [1.807, 2.05) is 0 Å². The van der Waals surface area contributed by atoms with Crippen LogP contribution in [-0.4, -0.2) is 27.6 Å². The zero-order valence-corrected chi connectivity index (χ0v) is 9.88. The summed E-state index contributed by atoms with van der Waals surface area (Å²) in [4.78, 5) is 19.8. The van der Waals surface area contributed by atoms with Crippen LogP contribution in [-0.2, 0) is 6.42 Å². The van der Waals surface area contributed by atoms with Crippen molar-refractivity contribution < 1.29 is 9.32 Å². The Labute approximate surface area is 103 Å². The number of nitrogens with one attached hydrogen (secondary N) is 1. The number of aromatic nitrogens is 3. The number of amides is 1. The maximum Gasteiger partial charge on any atom is 0.253 e. The van der Waals surface area contributed by atoms with Crippen molar-refractivity contribution >= 4 is 11.6 Å². The minimum Gasteiger partial charge on any atom is -0.397 e. The van der Waals surface area contributed by atoms with Crippen molar-refractivity contribution in [2.24, 2.45) is 0 Å². The molecule has 94 valence electrons. The molecule has 0 fully saturated rings. The van der Waals surface area contributed by atoms with Crippen molar-refractivity contribution in [3.63, 3.8) is 0 Å². The fourth-order valence-electron chi connectivity index (χ4n) is 1.46. The topological polar surface area (TPSA) is 107 Å². The van der Waals surface area contributed by atoms with Crippen LogP contribution in [0.15, 0.2) is 23.1 Å². The van der Waals surface area contributed by atoms with Gasteiger partial charge in [0.25, 0.3) is 5.91 Å². The monoisotopic (exact) mass is 247 g/mol. The molecular formula is C11H13N5O2. The number of carbonyl (C=O) groups excluding carboxylic acids is 1. The van der Waals surface area contributed by atoms with E-state index in [2.05, 4.69) is 20.4 Å². The molecule has 0 radical (unpaired) electrons. The van der Waals surface area contributed by atoms with Crippen LogP contribution in [0, 0.1) is 6.92 Å². The van der Waals surface area contributed by atoms with Gasteiger partial charge in [-0.1, -0.05) is 5.16 Å². The molecule has 2 aromatic rings. The number of pyridine rings is 1. The number of nitrogens with zero attached hydrogens (tertiary/aromatic N) is 3. The van der Waals surface area contributed by atoms with Crippen LogP contribution >= 0.6 is 0 Å². The molecule has 7 nitrogen and oxygen atoms in total. The second-order valence-corrected chi connectivity index (χ2v) is 3.74. The number of hydrogen-bond donors (Lipinski definition) is 2. The second kappa shape index (κ2) is 5.26. The third-order valence-electron chi connectivity index (χ3n) is 2.38. The second-order valence-electron chi connectivity index (χ2n) is 3.74. The minimum absolute atomic E-state index is 0.216. The molecule has 0 aliphatic rings. The van der Waals surface area contributed by atoms with Crippen molar-refractivity contribution in [3.8, 4) is 0 Å². The van der Waals surface area contributed by atoms with E-state index in [0.29, 0.717) is 35.8 Å². The lowest BCUT2D eigenvalue weighted by molar-refractivity contribution is 0.0952. The van der Waals surface area contributed by atoms with Gasteiger partial charge in [-0.25, -0.2) is 0 Å². The number of aryl methyl sites for hydroxylation is 1. The van der Waals surface area contributed by atoms with Crippen molar-refractivity contribution in [2.45, 2.75) is 13.3 Å². The number of hydrogen-bond acceptors (Lipinski definition) is 6. The van der Waals surface area contributed by atoms with Crippen molar-refractivity contribution in [3.05, 3.63) is 35.7 Å². The summed E-state index contributed by atoms with van der Waals surface area (Å²) in [5.74, 6) is 0.268. The molecule has 0 spiro atoms. The first-order valence-corrected chi connectivity index (χ1v) is 5.42. The molecule has 0 aromatic carbocycles. The average Bonchev–Trinajstić information content (AvgIpc) is 2.85. The Morgan fingerprint density at radius 1 is 1.50 bits per heavy atom. The number of nitrogen functional groups attached to an aromatic ring is 1. The van der Waals surface area contributed by atoms with E-state index in [4.69, 9.17) is 10.3 Å². The van der Waals surface area contributed by atoms with Crippen LogP contribution in [0.3, 0.4) is 0 Å². The SMILES string of the molecule is Cc1ncc(N)cc1C(=O)NCCc1ncno1. The summed E-state index contributed by atoms with van der Waals surface area (Å²) in [6.45, 7) is 2.17. The van der Waals surface area contributed by atoms with Crippen LogP contribution < -0.4 is 11.1 Å². The molecule has 7 heteroatoms. The highest BCUT2D eigenvalue weighted by Gasteiger charge is 2.10. The maximum absolute atomic E-state index is 11.9. The molecule has 18 heavy (non-hydrogen) atoms. The average molecular weight is 247 g/mol. The highest BCUT2D eigenvalue weighted by Crippen LogP contribution is 2.09. The van der Waals surface area contributed by atoms with Gasteiger partial charge in [-0.15, -0.1) is 0 Å². The molecular weight excluding hydrogens is 234 g/mol.